The standard InChI is InChI=1S/C28H31N3O2/c1-5-9-25(20-10-7-6-8-11-20)30-31-27(33)22-14-18-24(19-15-22)29-26(32)21-12-16-23(17-13-21)28(2,3)4/h6-8,10-19H,5,9H2,1-4H3,(H,29,32)(H,31,33)/b30-25+. The Bertz CT molecular complexity index is 1110. The molecule has 0 aromatic heterocycles. The van der Waals surface area contributed by atoms with Crippen molar-refractivity contribution in [2.75, 3.05) is 5.32 Å². The van der Waals surface area contributed by atoms with Crippen LogP contribution in [-0.2, 0) is 5.41 Å². The summed E-state index contributed by atoms with van der Waals surface area (Å²) in [5, 5.41) is 7.21. The van der Waals surface area contributed by atoms with Gasteiger partial charge in [0.1, 0.15) is 0 Å². The number of carbonyl (C=O) groups is 2. The fourth-order valence-corrected chi connectivity index (χ4v) is 3.34. The summed E-state index contributed by atoms with van der Waals surface area (Å²) in [6, 6.07) is 24.2. The molecule has 2 N–H and O–H groups in total. The Morgan fingerprint density at radius 3 is 1.91 bits per heavy atom. The topological polar surface area (TPSA) is 70.6 Å². The lowest BCUT2D eigenvalue weighted by Gasteiger charge is -2.19. The molecule has 0 radical (unpaired) electrons. The summed E-state index contributed by atoms with van der Waals surface area (Å²) in [5.41, 5.74) is 7.37. The first-order valence-corrected chi connectivity index (χ1v) is 11.2. The molecule has 0 aliphatic heterocycles. The lowest BCUT2D eigenvalue weighted by atomic mass is 9.87. The number of rotatable bonds is 7. The summed E-state index contributed by atoms with van der Waals surface area (Å²) in [6.07, 6.45) is 1.70. The number of amides is 2. The highest BCUT2D eigenvalue weighted by molar-refractivity contribution is 6.05. The zero-order valence-electron chi connectivity index (χ0n) is 19.7. The van der Waals surface area contributed by atoms with Crippen molar-refractivity contribution in [3.63, 3.8) is 0 Å². The third-order valence-corrected chi connectivity index (χ3v) is 5.30. The van der Waals surface area contributed by atoms with Crippen molar-refractivity contribution in [3.05, 3.63) is 101 Å². The molecule has 0 unspecified atom stereocenters. The summed E-state index contributed by atoms with van der Waals surface area (Å²) in [5.74, 6) is -0.487. The van der Waals surface area contributed by atoms with E-state index in [1.165, 1.54) is 5.56 Å². The maximum Gasteiger partial charge on any atom is 0.271 e. The van der Waals surface area contributed by atoms with Gasteiger partial charge in [0.15, 0.2) is 0 Å². The van der Waals surface area contributed by atoms with Gasteiger partial charge in [-0.3, -0.25) is 9.59 Å². The van der Waals surface area contributed by atoms with Crippen molar-refractivity contribution in [3.8, 4) is 0 Å². The van der Waals surface area contributed by atoms with Gasteiger partial charge in [0.2, 0.25) is 0 Å². The van der Waals surface area contributed by atoms with Gasteiger partial charge in [0.05, 0.1) is 5.71 Å². The Kier molecular flexibility index (Phi) is 7.78. The van der Waals surface area contributed by atoms with E-state index in [-0.39, 0.29) is 17.2 Å². The second-order valence-electron chi connectivity index (χ2n) is 8.97. The van der Waals surface area contributed by atoms with Gasteiger partial charge in [-0.25, -0.2) is 5.43 Å². The summed E-state index contributed by atoms with van der Waals surface area (Å²) in [7, 11) is 0. The number of carbonyl (C=O) groups excluding carboxylic acids is 2. The maximum absolute atomic E-state index is 12.6. The monoisotopic (exact) mass is 441 g/mol. The van der Waals surface area contributed by atoms with Crippen LogP contribution in [0.5, 0.6) is 0 Å². The average molecular weight is 442 g/mol. The molecule has 5 nitrogen and oxygen atoms in total. The van der Waals surface area contributed by atoms with Crippen LogP contribution in [0, 0.1) is 0 Å². The SMILES string of the molecule is CCC/C(=N\NC(=O)c1ccc(NC(=O)c2ccc(C(C)(C)C)cc2)cc1)c1ccccc1. The van der Waals surface area contributed by atoms with Crippen molar-refractivity contribution in [2.45, 2.75) is 46.0 Å². The minimum atomic E-state index is -0.296. The molecule has 3 aromatic carbocycles. The van der Waals surface area contributed by atoms with Crippen LogP contribution in [0.15, 0.2) is 84.0 Å². The molecule has 0 fully saturated rings. The molecule has 5 heteroatoms. The molecular weight excluding hydrogens is 410 g/mol. The second kappa shape index (κ2) is 10.7. The van der Waals surface area contributed by atoms with Crippen molar-refractivity contribution >= 4 is 23.2 Å². The van der Waals surface area contributed by atoms with Gasteiger partial charge in [-0.2, -0.15) is 5.10 Å². The van der Waals surface area contributed by atoms with Gasteiger partial charge in [0.25, 0.3) is 11.8 Å². The number of hydrogen-bond donors (Lipinski definition) is 2. The third kappa shape index (κ3) is 6.62. The smallest absolute Gasteiger partial charge is 0.271 e. The lowest BCUT2D eigenvalue weighted by molar-refractivity contribution is 0.0954. The molecular formula is C28H31N3O2. The van der Waals surface area contributed by atoms with E-state index < -0.39 is 0 Å². The van der Waals surface area contributed by atoms with Gasteiger partial charge >= 0.3 is 0 Å². The molecule has 0 aliphatic carbocycles. The predicted molar refractivity (Wildman–Crippen MR) is 135 cm³/mol. The predicted octanol–water partition coefficient (Wildman–Crippen LogP) is 6.17. The van der Waals surface area contributed by atoms with Gasteiger partial charge in [-0.1, -0.05) is 76.6 Å². The Balaban J connectivity index is 1.63. The molecule has 0 saturated heterocycles. The average Bonchev–Trinajstić information content (AvgIpc) is 2.82. The fraction of sp³-hybridized carbons (Fsp3) is 0.250. The van der Waals surface area contributed by atoms with Crippen LogP contribution in [0.3, 0.4) is 0 Å². The van der Waals surface area contributed by atoms with Crippen LogP contribution in [-0.4, -0.2) is 17.5 Å². The minimum absolute atomic E-state index is 0.0356. The molecule has 3 aromatic rings. The van der Waals surface area contributed by atoms with Crippen molar-refractivity contribution < 1.29 is 9.59 Å². The number of nitrogens with one attached hydrogen (secondary N) is 2. The lowest BCUT2D eigenvalue weighted by Crippen LogP contribution is -2.20. The number of hydrazone groups is 1. The second-order valence-corrected chi connectivity index (χ2v) is 8.97. The fourth-order valence-electron chi connectivity index (χ4n) is 3.34. The van der Waals surface area contributed by atoms with Gasteiger partial charge < -0.3 is 5.32 Å². The molecule has 0 spiro atoms. The van der Waals surface area contributed by atoms with Crippen LogP contribution < -0.4 is 10.7 Å². The molecule has 0 heterocycles. The molecule has 0 atom stereocenters. The van der Waals surface area contributed by atoms with E-state index in [9.17, 15) is 9.59 Å². The Morgan fingerprint density at radius 2 is 1.33 bits per heavy atom. The van der Waals surface area contributed by atoms with Gasteiger partial charge in [-0.05, 0) is 59.4 Å². The van der Waals surface area contributed by atoms with Gasteiger partial charge in [0, 0.05) is 16.8 Å². The molecule has 170 valence electrons. The van der Waals surface area contributed by atoms with Crippen molar-refractivity contribution in [2.24, 2.45) is 5.10 Å². The summed E-state index contributed by atoms with van der Waals surface area (Å²) in [6.45, 7) is 8.48. The van der Waals surface area contributed by atoms with E-state index in [4.69, 9.17) is 0 Å². The first-order chi connectivity index (χ1) is 15.8. The van der Waals surface area contributed by atoms with E-state index in [1.807, 2.05) is 54.6 Å². The highest BCUT2D eigenvalue weighted by atomic mass is 16.2. The van der Waals surface area contributed by atoms with Gasteiger partial charge in [-0.15, -0.1) is 0 Å². The van der Waals surface area contributed by atoms with Crippen LogP contribution >= 0.6 is 0 Å². The van der Waals surface area contributed by atoms with Crippen LogP contribution in [0.4, 0.5) is 5.69 Å². The molecule has 0 aliphatic rings. The quantitative estimate of drug-likeness (QED) is 0.340. The summed E-state index contributed by atoms with van der Waals surface area (Å²) >= 11 is 0. The zero-order chi connectivity index (χ0) is 23.8. The molecule has 33 heavy (non-hydrogen) atoms. The van der Waals surface area contributed by atoms with E-state index in [0.717, 1.165) is 24.1 Å². The first kappa shape index (κ1) is 23.9. The largest absolute Gasteiger partial charge is 0.322 e. The highest BCUT2D eigenvalue weighted by Crippen LogP contribution is 2.22. The maximum atomic E-state index is 12.6. The summed E-state index contributed by atoms with van der Waals surface area (Å²) in [4.78, 5) is 25.1. The summed E-state index contributed by atoms with van der Waals surface area (Å²) < 4.78 is 0. The Labute approximate surface area is 195 Å². The number of hydrogen-bond acceptors (Lipinski definition) is 3. The van der Waals surface area contributed by atoms with Crippen LogP contribution in [0.25, 0.3) is 0 Å². The van der Waals surface area contributed by atoms with Crippen molar-refractivity contribution in [1.82, 2.24) is 5.43 Å². The first-order valence-electron chi connectivity index (χ1n) is 11.2. The Hall–Kier alpha value is -3.73. The van der Waals surface area contributed by atoms with Crippen LogP contribution in [0.1, 0.15) is 72.4 Å². The number of benzene rings is 3. The number of nitrogens with zero attached hydrogens (tertiary/aromatic N) is 1. The van der Waals surface area contributed by atoms with E-state index in [2.05, 4.69) is 43.5 Å². The van der Waals surface area contributed by atoms with E-state index in [0.29, 0.717) is 16.8 Å². The molecule has 0 saturated carbocycles. The third-order valence-electron chi connectivity index (χ3n) is 5.30. The number of anilines is 1. The van der Waals surface area contributed by atoms with E-state index in [1.54, 1.807) is 24.3 Å². The molecule has 0 bridgehead atoms. The molecule has 2 amide bonds. The minimum Gasteiger partial charge on any atom is -0.322 e. The molecule has 3 rings (SSSR count). The van der Waals surface area contributed by atoms with E-state index >= 15 is 0 Å². The van der Waals surface area contributed by atoms with Crippen molar-refractivity contribution in [1.29, 1.82) is 0 Å². The normalized spacial score (nSPS) is 11.7. The Morgan fingerprint density at radius 1 is 0.758 bits per heavy atom. The highest BCUT2D eigenvalue weighted by Gasteiger charge is 2.14. The zero-order valence-corrected chi connectivity index (χ0v) is 19.7. The van der Waals surface area contributed by atoms with Crippen LogP contribution in [0.2, 0.25) is 0 Å².